The summed E-state index contributed by atoms with van der Waals surface area (Å²) in [5.41, 5.74) is 10.2. The predicted molar refractivity (Wildman–Crippen MR) is 228 cm³/mol. The van der Waals surface area contributed by atoms with Crippen LogP contribution in [0, 0.1) is 0 Å². The van der Waals surface area contributed by atoms with E-state index in [0.29, 0.717) is 23.3 Å². The molecule has 7 aromatic carbocycles. The maximum Gasteiger partial charge on any atom is 0.164 e. The Balaban J connectivity index is 1.03. The molecule has 4 aromatic heterocycles. The van der Waals surface area contributed by atoms with Crippen molar-refractivity contribution in [3.63, 3.8) is 0 Å². The van der Waals surface area contributed by atoms with E-state index in [4.69, 9.17) is 29.3 Å². The average Bonchev–Trinajstić information content (AvgIpc) is 3.85. The molecular weight excluding hydrogens is 707 g/mol. The molecular formula is C49H29N5OS. The van der Waals surface area contributed by atoms with Gasteiger partial charge in [0.15, 0.2) is 23.3 Å². The maximum absolute atomic E-state index is 6.76. The summed E-state index contributed by atoms with van der Waals surface area (Å²) in [6.45, 7) is 0. The van der Waals surface area contributed by atoms with Crippen molar-refractivity contribution in [3.05, 3.63) is 176 Å². The van der Waals surface area contributed by atoms with Gasteiger partial charge in [-0.15, -0.1) is 11.3 Å². The Kier molecular flexibility index (Phi) is 7.57. The van der Waals surface area contributed by atoms with Gasteiger partial charge in [-0.3, -0.25) is 0 Å². The minimum Gasteiger partial charge on any atom is -0.455 e. The number of rotatable bonds is 6. The molecule has 6 nitrogen and oxygen atoms in total. The van der Waals surface area contributed by atoms with Gasteiger partial charge in [-0.2, -0.15) is 0 Å². The van der Waals surface area contributed by atoms with Gasteiger partial charge in [-0.1, -0.05) is 146 Å². The number of thiophene rings is 1. The first-order valence-corrected chi connectivity index (χ1v) is 19.2. The van der Waals surface area contributed by atoms with Crippen LogP contribution in [0.5, 0.6) is 0 Å². The zero-order valence-electron chi connectivity index (χ0n) is 29.8. The van der Waals surface area contributed by atoms with E-state index < -0.39 is 0 Å². The van der Waals surface area contributed by atoms with Gasteiger partial charge in [0.1, 0.15) is 11.2 Å². The van der Waals surface area contributed by atoms with Crippen LogP contribution < -0.4 is 0 Å². The molecule has 0 amide bonds. The summed E-state index contributed by atoms with van der Waals surface area (Å²) >= 11 is 1.73. The van der Waals surface area contributed by atoms with Crippen LogP contribution >= 0.6 is 11.3 Å². The van der Waals surface area contributed by atoms with E-state index in [1.165, 1.54) is 4.70 Å². The van der Waals surface area contributed by atoms with Gasteiger partial charge >= 0.3 is 0 Å². The SMILES string of the molecule is c1ccc(-c2nc(-c3ccccc3)nc(-c3cccc(-c4ccc5c(c4)oc4c(-c6nc(-c7ccccc7)c7sc8ccccc8c7n6)cccc45)c3)n2)cc1. The second kappa shape index (κ2) is 13.2. The molecule has 0 aliphatic carbocycles. The molecule has 0 fully saturated rings. The molecule has 0 unspecified atom stereocenters. The monoisotopic (exact) mass is 735 g/mol. The summed E-state index contributed by atoms with van der Waals surface area (Å²) in [4.78, 5) is 25.2. The lowest BCUT2D eigenvalue weighted by molar-refractivity contribution is 0.669. The van der Waals surface area contributed by atoms with Gasteiger partial charge in [0.05, 0.1) is 21.5 Å². The second-order valence-electron chi connectivity index (χ2n) is 13.7. The molecule has 0 aliphatic rings. The Morgan fingerprint density at radius 3 is 1.68 bits per heavy atom. The largest absolute Gasteiger partial charge is 0.455 e. The lowest BCUT2D eigenvalue weighted by Gasteiger charge is -2.09. The van der Waals surface area contributed by atoms with E-state index in [1.807, 2.05) is 78.9 Å². The highest BCUT2D eigenvalue weighted by molar-refractivity contribution is 7.26. The second-order valence-corrected chi connectivity index (χ2v) is 14.7. The smallest absolute Gasteiger partial charge is 0.164 e. The fourth-order valence-electron chi connectivity index (χ4n) is 7.43. The summed E-state index contributed by atoms with van der Waals surface area (Å²) in [5, 5.41) is 3.18. The molecule has 4 heterocycles. The average molecular weight is 736 g/mol. The predicted octanol–water partition coefficient (Wildman–Crippen LogP) is 12.9. The molecule has 7 heteroatoms. The van der Waals surface area contributed by atoms with Crippen molar-refractivity contribution in [2.45, 2.75) is 0 Å². The summed E-state index contributed by atoms with van der Waals surface area (Å²) in [5.74, 6) is 2.51. The van der Waals surface area contributed by atoms with Gasteiger partial charge in [-0.05, 0) is 41.5 Å². The molecule has 11 aromatic rings. The van der Waals surface area contributed by atoms with Crippen molar-refractivity contribution in [3.8, 4) is 67.9 Å². The number of aromatic nitrogens is 5. The van der Waals surface area contributed by atoms with Crippen molar-refractivity contribution in [1.29, 1.82) is 0 Å². The molecule has 0 radical (unpaired) electrons. The van der Waals surface area contributed by atoms with Crippen LogP contribution in [0.15, 0.2) is 180 Å². The number of furan rings is 1. The van der Waals surface area contributed by atoms with E-state index >= 15 is 0 Å². The Bertz CT molecular complexity index is 3190. The molecule has 0 atom stereocenters. The van der Waals surface area contributed by atoms with Gasteiger partial charge < -0.3 is 4.42 Å². The fourth-order valence-corrected chi connectivity index (χ4v) is 8.59. The molecule has 0 aliphatic heterocycles. The highest BCUT2D eigenvalue weighted by Crippen LogP contribution is 2.42. The summed E-state index contributed by atoms with van der Waals surface area (Å²) in [7, 11) is 0. The number of para-hydroxylation sites is 1. The molecule has 262 valence electrons. The maximum atomic E-state index is 6.76. The zero-order chi connectivity index (χ0) is 37.0. The quantitative estimate of drug-likeness (QED) is 0.169. The third kappa shape index (κ3) is 5.52. The molecule has 11 rings (SSSR count). The topological polar surface area (TPSA) is 77.6 Å². The van der Waals surface area contributed by atoms with Crippen molar-refractivity contribution < 1.29 is 4.42 Å². The van der Waals surface area contributed by atoms with Crippen molar-refractivity contribution >= 4 is 53.6 Å². The molecule has 0 saturated carbocycles. The Labute approximate surface area is 325 Å². The van der Waals surface area contributed by atoms with E-state index in [9.17, 15) is 0 Å². The van der Waals surface area contributed by atoms with Crippen LogP contribution in [0.2, 0.25) is 0 Å². The lowest BCUT2D eigenvalue weighted by atomic mass is 10.0. The van der Waals surface area contributed by atoms with E-state index in [-0.39, 0.29) is 0 Å². The number of nitrogens with zero attached hydrogens (tertiary/aromatic N) is 5. The van der Waals surface area contributed by atoms with Crippen molar-refractivity contribution in [2.24, 2.45) is 0 Å². The molecule has 56 heavy (non-hydrogen) atoms. The van der Waals surface area contributed by atoms with E-state index in [0.717, 1.165) is 82.2 Å². The Morgan fingerprint density at radius 2 is 0.946 bits per heavy atom. The standard InChI is InChI=1S/C49H29N5OS/c1-4-14-30(15-5-1)42-45-43(38-22-10-11-25-41(38)56-45)51-49(50-42)39-24-13-23-37-36-27-26-34(29-40(36)55-44(37)39)33-20-12-21-35(28-33)48-53-46(31-16-6-2-7-17-31)52-47(54-48)32-18-8-3-9-19-32/h1-29H. The first-order chi connectivity index (χ1) is 27.7. The Morgan fingerprint density at radius 1 is 0.375 bits per heavy atom. The highest BCUT2D eigenvalue weighted by Gasteiger charge is 2.20. The van der Waals surface area contributed by atoms with Crippen LogP contribution in [0.3, 0.4) is 0 Å². The molecule has 0 spiro atoms. The van der Waals surface area contributed by atoms with Crippen LogP contribution in [0.4, 0.5) is 0 Å². The van der Waals surface area contributed by atoms with Crippen molar-refractivity contribution in [2.75, 3.05) is 0 Å². The van der Waals surface area contributed by atoms with Crippen LogP contribution in [-0.2, 0) is 0 Å². The first kappa shape index (κ1) is 32.1. The van der Waals surface area contributed by atoms with E-state index in [2.05, 4.69) is 97.1 Å². The van der Waals surface area contributed by atoms with Gasteiger partial charge in [0.25, 0.3) is 0 Å². The van der Waals surface area contributed by atoms with Crippen molar-refractivity contribution in [1.82, 2.24) is 24.9 Å². The summed E-state index contributed by atoms with van der Waals surface area (Å²) < 4.78 is 9.03. The number of hydrogen-bond acceptors (Lipinski definition) is 7. The number of benzene rings is 7. The molecule has 0 saturated heterocycles. The highest BCUT2D eigenvalue weighted by atomic mass is 32.1. The van der Waals surface area contributed by atoms with E-state index in [1.54, 1.807) is 11.3 Å². The molecule has 0 bridgehead atoms. The summed E-state index contributed by atoms with van der Waals surface area (Å²) in [6.07, 6.45) is 0. The van der Waals surface area contributed by atoms with Crippen LogP contribution in [-0.4, -0.2) is 24.9 Å². The van der Waals surface area contributed by atoms with Crippen LogP contribution in [0.1, 0.15) is 0 Å². The normalized spacial score (nSPS) is 11.6. The van der Waals surface area contributed by atoms with Gasteiger partial charge in [0.2, 0.25) is 0 Å². The minimum absolute atomic E-state index is 0.610. The molecule has 0 N–H and O–H groups in total. The Hall–Kier alpha value is -7.35. The van der Waals surface area contributed by atoms with Gasteiger partial charge in [-0.25, -0.2) is 24.9 Å². The van der Waals surface area contributed by atoms with Gasteiger partial charge in [0, 0.05) is 43.1 Å². The number of fused-ring (bicyclic) bond motifs is 6. The fraction of sp³-hybridized carbons (Fsp3) is 0. The number of hydrogen-bond donors (Lipinski definition) is 0. The lowest BCUT2D eigenvalue weighted by Crippen LogP contribution is -2.00. The first-order valence-electron chi connectivity index (χ1n) is 18.4. The third-order valence-corrected chi connectivity index (χ3v) is 11.3. The third-order valence-electron chi connectivity index (χ3n) is 10.2. The minimum atomic E-state index is 0.610. The zero-order valence-corrected chi connectivity index (χ0v) is 30.6. The van der Waals surface area contributed by atoms with Crippen LogP contribution in [0.25, 0.3) is 110 Å². The summed E-state index contributed by atoms with van der Waals surface area (Å²) in [6, 6.07) is 59.8.